The number of carbonyl (C=O) groups is 1. The van der Waals surface area contributed by atoms with Gasteiger partial charge in [-0.2, -0.15) is 15.3 Å². The van der Waals surface area contributed by atoms with Gasteiger partial charge in [-0.25, -0.2) is 19.9 Å². The Balaban J connectivity index is 0.000000132. The van der Waals surface area contributed by atoms with Gasteiger partial charge in [0.1, 0.15) is 28.7 Å². The van der Waals surface area contributed by atoms with Gasteiger partial charge in [-0.3, -0.25) is 38.8 Å². The van der Waals surface area contributed by atoms with E-state index in [0.29, 0.717) is 29.6 Å². The Bertz CT molecular complexity index is 4540. The van der Waals surface area contributed by atoms with Crippen LogP contribution in [-0.4, -0.2) is 120 Å². The number of benzene rings is 2. The summed E-state index contributed by atoms with van der Waals surface area (Å²) < 4.78 is 5.72. The Labute approximate surface area is 571 Å². The number of carbonyl (C=O) groups excluding carboxylic acids is 1. The number of amides is 1. The van der Waals surface area contributed by atoms with Gasteiger partial charge in [-0.1, -0.05) is 93.5 Å². The molecule has 11 heterocycles. The molecular weight excluding hydrogens is 1200 g/mol. The van der Waals surface area contributed by atoms with Crippen molar-refractivity contribution in [3.63, 3.8) is 0 Å². The Morgan fingerprint density at radius 1 is 0.495 bits per heavy atom. The standard InChI is InChI=1S/C17H20N2O.C17H18N2.C15H23N5.2C15H16N4/c1-12(2)15-9-10-18-17(11-15)14-5-7-16(8-6-14)19(4)13(3)20;1-11(2)13-6-7-18-17(9-13)14-8-15-12(3)4-5-16(15)19-10-14;1-11(2)12-5-6-13-14(16-12)15(17-19(13)4)20-9-7-18(3)8-10-20;1-10(2)11-4-5-14-13(6-11)15(18-19(14)3)12-7-16-9-17-8-12;1-10(2)12-6-7-13-15(17-12)14(18-19(13)3)11-5-4-8-16-9-11/h5-12H,1-4H3;4,6-11H,5H2,1-3H3;5-6,11H,7-10H2,1-4H3;2*4-10H,1-3H3. The third-order valence-corrected chi connectivity index (χ3v) is 17.9. The highest BCUT2D eigenvalue weighted by atomic mass is 16.2. The quantitative estimate of drug-likeness (QED) is 0.119. The van der Waals surface area contributed by atoms with Crippen LogP contribution in [0.3, 0.4) is 0 Å². The predicted molar refractivity (Wildman–Crippen MR) is 396 cm³/mol. The summed E-state index contributed by atoms with van der Waals surface area (Å²) in [7, 11) is 9.85. The van der Waals surface area contributed by atoms with Gasteiger partial charge in [-0.05, 0) is 162 Å². The van der Waals surface area contributed by atoms with Gasteiger partial charge in [-0.15, -0.1) is 0 Å². The Hall–Kier alpha value is -10.2. The van der Waals surface area contributed by atoms with Crippen molar-refractivity contribution in [2.24, 2.45) is 21.1 Å². The summed E-state index contributed by atoms with van der Waals surface area (Å²) in [4.78, 5) is 53.1. The molecule has 0 radical (unpaired) electrons. The molecule has 12 aromatic rings. The van der Waals surface area contributed by atoms with Crippen LogP contribution in [0.25, 0.3) is 83.6 Å². The maximum Gasteiger partial charge on any atom is 0.223 e. The Kier molecular flexibility index (Phi) is 22.3. The molecule has 10 aromatic heterocycles. The molecule has 1 amide bonds. The zero-order chi connectivity index (χ0) is 69.2. The molecule has 0 saturated carbocycles. The molecule has 18 heteroatoms. The third kappa shape index (κ3) is 16.6. The molecule has 1 fully saturated rings. The minimum atomic E-state index is 0.0256. The zero-order valence-electron chi connectivity index (χ0n) is 59.5. The van der Waals surface area contributed by atoms with Crippen LogP contribution in [0.4, 0.5) is 11.5 Å². The highest BCUT2D eigenvalue weighted by Crippen LogP contribution is 2.34. The van der Waals surface area contributed by atoms with E-state index in [4.69, 9.17) is 15.1 Å². The van der Waals surface area contributed by atoms with E-state index in [2.05, 4.69) is 206 Å². The number of allylic oxidation sites excluding steroid dienone is 2. The van der Waals surface area contributed by atoms with E-state index in [1.54, 1.807) is 37.5 Å². The Morgan fingerprint density at radius 3 is 1.63 bits per heavy atom. The molecule has 0 unspecified atom stereocenters. The van der Waals surface area contributed by atoms with Crippen molar-refractivity contribution in [2.75, 3.05) is 50.1 Å². The van der Waals surface area contributed by atoms with Gasteiger partial charge in [0.05, 0.1) is 33.6 Å². The van der Waals surface area contributed by atoms with Gasteiger partial charge in [0, 0.05) is 156 Å². The monoisotopic (exact) mass is 1300 g/mol. The molecule has 0 bridgehead atoms. The fourth-order valence-electron chi connectivity index (χ4n) is 11.6. The highest BCUT2D eigenvalue weighted by Gasteiger charge is 2.23. The lowest BCUT2D eigenvalue weighted by molar-refractivity contribution is -0.116. The molecule has 1 aliphatic carbocycles. The van der Waals surface area contributed by atoms with Crippen LogP contribution in [0, 0.1) is 0 Å². The first-order chi connectivity index (χ1) is 46.5. The van der Waals surface area contributed by atoms with E-state index in [9.17, 15) is 4.79 Å². The van der Waals surface area contributed by atoms with E-state index in [-0.39, 0.29) is 5.91 Å². The van der Waals surface area contributed by atoms with Crippen molar-refractivity contribution in [3.8, 4) is 45.0 Å². The lowest BCUT2D eigenvalue weighted by Crippen LogP contribution is -2.44. The summed E-state index contributed by atoms with van der Waals surface area (Å²) in [5.74, 6) is 3.43. The summed E-state index contributed by atoms with van der Waals surface area (Å²) in [6.45, 7) is 29.7. The first-order valence-corrected chi connectivity index (χ1v) is 33.7. The van der Waals surface area contributed by atoms with Crippen LogP contribution in [0.15, 0.2) is 165 Å². The topological polar surface area (TPSA) is 183 Å². The molecule has 2 aliphatic rings. The van der Waals surface area contributed by atoms with E-state index < -0.39 is 0 Å². The van der Waals surface area contributed by atoms with Gasteiger partial charge in [0.25, 0.3) is 0 Å². The predicted octanol–water partition coefficient (Wildman–Crippen LogP) is 16.2. The summed E-state index contributed by atoms with van der Waals surface area (Å²) in [5.41, 5.74) is 24.0. The minimum Gasteiger partial charge on any atom is -0.351 e. The number of aryl methyl sites for hydroxylation is 3. The maximum absolute atomic E-state index is 11.3. The van der Waals surface area contributed by atoms with Crippen LogP contribution in [0.2, 0.25) is 0 Å². The van der Waals surface area contributed by atoms with Gasteiger partial charge in [0.2, 0.25) is 5.91 Å². The number of pyridine rings is 6. The van der Waals surface area contributed by atoms with Crippen molar-refractivity contribution >= 4 is 56.0 Å². The maximum atomic E-state index is 11.3. The van der Waals surface area contributed by atoms with Crippen molar-refractivity contribution in [1.29, 1.82) is 0 Å². The second-order valence-electron chi connectivity index (χ2n) is 26.7. The summed E-state index contributed by atoms with van der Waals surface area (Å²) in [6, 6.07) is 37.4. The first-order valence-electron chi connectivity index (χ1n) is 33.7. The van der Waals surface area contributed by atoms with Crippen LogP contribution in [0.5, 0.6) is 0 Å². The lowest BCUT2D eigenvalue weighted by Gasteiger charge is -2.32. The van der Waals surface area contributed by atoms with E-state index in [1.165, 1.54) is 39.8 Å². The number of nitrogens with zero attached hydrogens (tertiary/aromatic N) is 17. The molecule has 1 saturated heterocycles. The van der Waals surface area contributed by atoms with E-state index >= 15 is 0 Å². The number of hydrogen-bond acceptors (Lipinski definition) is 14. The largest absolute Gasteiger partial charge is 0.351 e. The fraction of sp³-hybridized carbons (Fsp3) is 0.342. The number of rotatable bonds is 11. The smallest absolute Gasteiger partial charge is 0.223 e. The lowest BCUT2D eigenvalue weighted by atomic mass is 10.00. The molecular formula is C79H93N17O. The molecule has 500 valence electrons. The molecule has 2 aromatic carbocycles. The number of anilines is 2. The summed E-state index contributed by atoms with van der Waals surface area (Å²) in [6.07, 6.45) is 17.6. The number of piperazine rings is 1. The molecule has 1 aliphatic heterocycles. The summed E-state index contributed by atoms with van der Waals surface area (Å²) in [5, 5.41) is 15.0. The van der Waals surface area contributed by atoms with Gasteiger partial charge in [0.15, 0.2) is 5.82 Å². The second kappa shape index (κ2) is 31.1. The summed E-state index contributed by atoms with van der Waals surface area (Å²) >= 11 is 0. The molecule has 18 nitrogen and oxygen atoms in total. The van der Waals surface area contributed by atoms with E-state index in [1.807, 2.05) is 102 Å². The molecule has 97 heavy (non-hydrogen) atoms. The van der Waals surface area contributed by atoms with Crippen molar-refractivity contribution in [3.05, 3.63) is 204 Å². The van der Waals surface area contributed by atoms with Gasteiger partial charge >= 0.3 is 0 Å². The number of fused-ring (bicyclic) bond motifs is 4. The fourth-order valence-corrected chi connectivity index (χ4v) is 11.6. The molecule has 0 N–H and O–H groups in total. The normalized spacial score (nSPS) is 12.9. The third-order valence-electron chi connectivity index (χ3n) is 17.9. The zero-order valence-corrected chi connectivity index (χ0v) is 59.5. The van der Waals surface area contributed by atoms with E-state index in [0.717, 1.165) is 133 Å². The van der Waals surface area contributed by atoms with Crippen LogP contribution < -0.4 is 9.80 Å². The number of likely N-dealkylation sites (N-methyl/N-ethyl adjacent to an activating group) is 1. The van der Waals surface area contributed by atoms with Crippen molar-refractivity contribution in [2.45, 2.75) is 119 Å². The highest BCUT2D eigenvalue weighted by molar-refractivity contribution is 5.94. The van der Waals surface area contributed by atoms with Crippen LogP contribution >= 0.6 is 0 Å². The molecule has 0 spiro atoms. The van der Waals surface area contributed by atoms with Crippen molar-refractivity contribution < 1.29 is 4.79 Å². The first kappa shape index (κ1) is 69.6. The Morgan fingerprint density at radius 2 is 1.04 bits per heavy atom. The average Bonchev–Trinajstić information content (AvgIpc) is 1.67. The average molecular weight is 1300 g/mol. The molecule has 0 atom stereocenters. The second-order valence-corrected chi connectivity index (χ2v) is 26.7. The van der Waals surface area contributed by atoms with Crippen molar-refractivity contribution in [1.82, 2.24) is 74.1 Å². The number of hydrogen-bond donors (Lipinski definition) is 0. The SMILES string of the molecule is CC(=O)N(C)c1ccc(-c2cc(C(C)C)ccn2)cc1.CC(C)c1ccc2c(c1)c(-c1cncnc1)nn2C.CC(C)c1ccc2c(n1)c(-c1cccnc1)nn2C.CC(C)c1ccc2c(n1)c(N1CCN(C)CC1)nn2C.CC1=CCc2ncc(-c3cc(C(C)C)ccn3)cc21. The van der Waals surface area contributed by atoms with Crippen LogP contribution in [-0.2, 0) is 32.4 Å². The number of aromatic nitrogens is 14. The van der Waals surface area contributed by atoms with Gasteiger partial charge < -0.3 is 14.7 Å². The van der Waals surface area contributed by atoms with Crippen LogP contribution in [0.1, 0.15) is 152 Å². The minimum absolute atomic E-state index is 0.0256. The molecule has 14 rings (SSSR count).